The van der Waals surface area contributed by atoms with Crippen LogP contribution in [0.5, 0.6) is 0 Å². The number of hydrogen-bond donors (Lipinski definition) is 2. The molecule has 0 spiro atoms. The van der Waals surface area contributed by atoms with Crippen molar-refractivity contribution in [3.8, 4) is 0 Å². The molecule has 1 aromatic heterocycles. The van der Waals surface area contributed by atoms with Crippen LogP contribution in [0.3, 0.4) is 0 Å². The quantitative estimate of drug-likeness (QED) is 0.479. The van der Waals surface area contributed by atoms with Gasteiger partial charge in [0.05, 0.1) is 10.4 Å². The first-order valence-corrected chi connectivity index (χ1v) is 13.8. The van der Waals surface area contributed by atoms with Gasteiger partial charge in [-0.25, -0.2) is 13.4 Å². The summed E-state index contributed by atoms with van der Waals surface area (Å²) in [5.41, 5.74) is -0.709. The van der Waals surface area contributed by atoms with Gasteiger partial charge in [-0.3, -0.25) is 9.59 Å². The molecule has 0 bridgehead atoms. The standard InChI is InChI=1S/C25H24ClF3N4O4S/c1-14(34)33-12-17(10-18(13-33)31-24(35)15-4-3-5-19(8-15)38(2,36)37)30-22-11-23(25(27,28)29)32-21-7-6-16(26)9-20(21)22/h3-9,11,17-18H,10,12-13H2,1-2H3,(H,30,32)(H,31,35)/t17-,18+/m1/s1. The van der Waals surface area contributed by atoms with E-state index < -0.39 is 39.7 Å². The lowest BCUT2D eigenvalue weighted by atomic mass is 9.99. The first-order valence-electron chi connectivity index (χ1n) is 11.5. The minimum Gasteiger partial charge on any atom is -0.380 e. The van der Waals surface area contributed by atoms with Crippen molar-refractivity contribution in [2.24, 2.45) is 0 Å². The number of amides is 2. The van der Waals surface area contributed by atoms with E-state index in [0.717, 1.165) is 12.3 Å². The largest absolute Gasteiger partial charge is 0.433 e. The Morgan fingerprint density at radius 3 is 2.45 bits per heavy atom. The van der Waals surface area contributed by atoms with Crippen molar-refractivity contribution in [1.82, 2.24) is 15.2 Å². The fraction of sp³-hybridized carbons (Fsp3) is 0.320. The Morgan fingerprint density at radius 2 is 1.79 bits per heavy atom. The number of piperidine rings is 1. The summed E-state index contributed by atoms with van der Waals surface area (Å²) >= 11 is 6.09. The third-order valence-electron chi connectivity index (χ3n) is 6.18. The summed E-state index contributed by atoms with van der Waals surface area (Å²) in [5, 5.41) is 6.61. The number of aromatic nitrogens is 1. The van der Waals surface area contributed by atoms with Crippen LogP contribution in [0.25, 0.3) is 10.9 Å². The van der Waals surface area contributed by atoms with Gasteiger partial charge in [-0.15, -0.1) is 0 Å². The third-order valence-corrected chi connectivity index (χ3v) is 7.52. The Labute approximate surface area is 222 Å². The molecule has 1 saturated heterocycles. The molecule has 2 atom stereocenters. The molecule has 0 radical (unpaired) electrons. The number of carbonyl (C=O) groups excluding carboxylic acids is 2. The second kappa shape index (κ2) is 10.4. The molecule has 13 heteroatoms. The third kappa shape index (κ3) is 6.36. The van der Waals surface area contributed by atoms with Gasteiger partial charge < -0.3 is 15.5 Å². The zero-order chi connectivity index (χ0) is 27.8. The molecule has 2 N–H and O–H groups in total. The maximum Gasteiger partial charge on any atom is 0.433 e. The second-order valence-corrected chi connectivity index (χ2v) is 11.6. The Kier molecular flexibility index (Phi) is 7.57. The van der Waals surface area contributed by atoms with Crippen LogP contribution in [0.2, 0.25) is 5.02 Å². The molecule has 0 saturated carbocycles. The molecule has 1 fully saturated rings. The lowest BCUT2D eigenvalue weighted by Gasteiger charge is -2.38. The molecule has 3 aromatic rings. The number of rotatable bonds is 5. The van der Waals surface area contributed by atoms with Gasteiger partial charge in [-0.1, -0.05) is 17.7 Å². The Hall–Kier alpha value is -3.38. The van der Waals surface area contributed by atoms with Crippen LogP contribution in [-0.4, -0.2) is 61.5 Å². The maximum absolute atomic E-state index is 13.5. The molecule has 202 valence electrons. The highest BCUT2D eigenvalue weighted by Gasteiger charge is 2.35. The van der Waals surface area contributed by atoms with Crippen LogP contribution in [0, 0.1) is 0 Å². The van der Waals surface area contributed by atoms with E-state index in [1.807, 2.05) is 0 Å². The SMILES string of the molecule is CC(=O)N1C[C@@H](NC(=O)c2cccc(S(C)(=O)=O)c2)C[C@@H](Nc2cc(C(F)(F)F)nc3ccc(Cl)cc23)C1. The van der Waals surface area contributed by atoms with Crippen LogP contribution >= 0.6 is 11.6 Å². The first-order chi connectivity index (χ1) is 17.7. The molecule has 2 aromatic carbocycles. The van der Waals surface area contributed by atoms with Gasteiger partial charge in [0.2, 0.25) is 5.91 Å². The van der Waals surface area contributed by atoms with Crippen LogP contribution in [0.15, 0.2) is 53.4 Å². The van der Waals surface area contributed by atoms with Crippen LogP contribution in [0.4, 0.5) is 18.9 Å². The second-order valence-electron chi connectivity index (χ2n) is 9.19. The summed E-state index contributed by atoms with van der Waals surface area (Å²) < 4.78 is 64.3. The molecular weight excluding hydrogens is 545 g/mol. The molecular formula is C25H24ClF3N4O4S. The topological polar surface area (TPSA) is 108 Å². The van der Waals surface area contributed by atoms with Crippen molar-refractivity contribution < 1.29 is 31.2 Å². The van der Waals surface area contributed by atoms with E-state index >= 15 is 0 Å². The van der Waals surface area contributed by atoms with Crippen molar-refractivity contribution in [2.75, 3.05) is 24.7 Å². The monoisotopic (exact) mass is 568 g/mol. The molecule has 2 amide bonds. The van der Waals surface area contributed by atoms with E-state index in [1.165, 1.54) is 54.3 Å². The summed E-state index contributed by atoms with van der Waals surface area (Å²) in [6.45, 7) is 1.74. The van der Waals surface area contributed by atoms with Crippen molar-refractivity contribution in [3.63, 3.8) is 0 Å². The van der Waals surface area contributed by atoms with E-state index in [4.69, 9.17) is 11.6 Å². The minimum atomic E-state index is -4.68. The number of nitrogens with zero attached hydrogens (tertiary/aromatic N) is 2. The van der Waals surface area contributed by atoms with Gasteiger partial charge >= 0.3 is 6.18 Å². The smallest absolute Gasteiger partial charge is 0.380 e. The number of nitrogens with one attached hydrogen (secondary N) is 2. The van der Waals surface area contributed by atoms with Gasteiger partial charge in [0.25, 0.3) is 5.91 Å². The van der Waals surface area contributed by atoms with Crippen molar-refractivity contribution in [2.45, 2.75) is 36.5 Å². The molecule has 38 heavy (non-hydrogen) atoms. The van der Waals surface area contributed by atoms with E-state index in [1.54, 1.807) is 0 Å². The number of anilines is 1. The molecule has 0 aliphatic carbocycles. The number of fused-ring (bicyclic) bond motifs is 1. The minimum absolute atomic E-state index is 0.0117. The van der Waals surface area contributed by atoms with Crippen molar-refractivity contribution in [3.05, 3.63) is 64.8 Å². The fourth-order valence-corrected chi connectivity index (χ4v) is 5.22. The van der Waals surface area contributed by atoms with Crippen LogP contribution in [0.1, 0.15) is 29.4 Å². The number of likely N-dealkylation sites (tertiary alicyclic amines) is 1. The fourth-order valence-electron chi connectivity index (χ4n) is 4.38. The average molecular weight is 569 g/mol. The lowest BCUT2D eigenvalue weighted by molar-refractivity contribution is -0.140. The van der Waals surface area contributed by atoms with Gasteiger partial charge in [-0.05, 0) is 48.9 Å². The zero-order valence-electron chi connectivity index (χ0n) is 20.3. The maximum atomic E-state index is 13.5. The molecule has 1 aliphatic rings. The predicted molar refractivity (Wildman–Crippen MR) is 137 cm³/mol. The first kappa shape index (κ1) is 27.6. The van der Waals surface area contributed by atoms with E-state index in [2.05, 4.69) is 15.6 Å². The van der Waals surface area contributed by atoms with Crippen molar-refractivity contribution in [1.29, 1.82) is 0 Å². The highest BCUT2D eigenvalue weighted by Crippen LogP contribution is 2.35. The highest BCUT2D eigenvalue weighted by molar-refractivity contribution is 7.90. The van der Waals surface area contributed by atoms with E-state index in [-0.39, 0.29) is 47.1 Å². The number of halogens is 4. The number of benzene rings is 2. The zero-order valence-corrected chi connectivity index (χ0v) is 21.9. The van der Waals surface area contributed by atoms with E-state index in [0.29, 0.717) is 10.4 Å². The average Bonchev–Trinajstić information content (AvgIpc) is 2.83. The van der Waals surface area contributed by atoms with Crippen molar-refractivity contribution >= 4 is 49.8 Å². The molecule has 8 nitrogen and oxygen atoms in total. The number of hydrogen-bond acceptors (Lipinski definition) is 6. The van der Waals surface area contributed by atoms with Gasteiger partial charge in [0.1, 0.15) is 5.69 Å². The van der Waals surface area contributed by atoms with Gasteiger partial charge in [0.15, 0.2) is 9.84 Å². The van der Waals surface area contributed by atoms with Gasteiger partial charge in [-0.2, -0.15) is 13.2 Å². The Balaban J connectivity index is 1.61. The number of pyridine rings is 1. The number of sulfone groups is 1. The molecule has 1 aliphatic heterocycles. The summed E-state index contributed by atoms with van der Waals surface area (Å²) in [7, 11) is -3.53. The molecule has 4 rings (SSSR count). The molecule has 2 heterocycles. The summed E-state index contributed by atoms with van der Waals surface area (Å²) in [6.07, 6.45) is -3.36. The normalized spacial score (nSPS) is 18.3. The number of alkyl halides is 3. The summed E-state index contributed by atoms with van der Waals surface area (Å²) in [4.78, 5) is 30.3. The van der Waals surface area contributed by atoms with Crippen LogP contribution in [-0.2, 0) is 20.8 Å². The lowest BCUT2D eigenvalue weighted by Crippen LogP contribution is -2.55. The Morgan fingerprint density at radius 1 is 1.08 bits per heavy atom. The predicted octanol–water partition coefficient (Wildman–Crippen LogP) is 4.14. The van der Waals surface area contributed by atoms with E-state index in [9.17, 15) is 31.2 Å². The number of carbonyl (C=O) groups is 2. The summed E-state index contributed by atoms with van der Waals surface area (Å²) in [5.74, 6) is -0.807. The molecule has 0 unspecified atom stereocenters. The van der Waals surface area contributed by atoms with Crippen LogP contribution < -0.4 is 10.6 Å². The highest BCUT2D eigenvalue weighted by atomic mass is 35.5. The summed E-state index contributed by atoms with van der Waals surface area (Å²) in [6, 6.07) is 9.73. The Bertz CT molecular complexity index is 1510. The van der Waals surface area contributed by atoms with Gasteiger partial charge in [0, 0.05) is 60.0 Å².